The van der Waals surface area contributed by atoms with E-state index < -0.39 is 0 Å². The lowest BCUT2D eigenvalue weighted by atomic mass is 9.97. The highest BCUT2D eigenvalue weighted by atomic mass is 16.5. The molecule has 29 heavy (non-hydrogen) atoms. The SMILES string of the molecule is COc1ccccc1Nc1ccnc(N2CCCC(C(=O)NC3CCCC3)C2)n1. The number of anilines is 3. The number of ether oxygens (including phenoxy) is 1. The predicted octanol–water partition coefficient (Wildman–Crippen LogP) is 3.50. The van der Waals surface area contributed by atoms with E-state index in [4.69, 9.17) is 4.74 Å². The van der Waals surface area contributed by atoms with E-state index in [2.05, 4.69) is 25.5 Å². The van der Waals surface area contributed by atoms with Crippen molar-refractivity contribution in [3.63, 3.8) is 0 Å². The van der Waals surface area contributed by atoms with Gasteiger partial charge in [0.2, 0.25) is 11.9 Å². The molecule has 1 saturated heterocycles. The van der Waals surface area contributed by atoms with Crippen molar-refractivity contribution in [2.75, 3.05) is 30.4 Å². The number of methoxy groups -OCH3 is 1. The number of nitrogens with one attached hydrogen (secondary N) is 2. The minimum absolute atomic E-state index is 0.00113. The molecule has 1 amide bonds. The molecule has 7 heteroatoms. The van der Waals surface area contributed by atoms with E-state index in [-0.39, 0.29) is 11.8 Å². The van der Waals surface area contributed by atoms with E-state index in [0.717, 1.165) is 43.7 Å². The van der Waals surface area contributed by atoms with E-state index in [9.17, 15) is 4.79 Å². The summed E-state index contributed by atoms with van der Waals surface area (Å²) >= 11 is 0. The van der Waals surface area contributed by atoms with Crippen LogP contribution in [-0.4, -0.2) is 42.1 Å². The molecule has 2 aliphatic rings. The third kappa shape index (κ3) is 4.78. The maximum absolute atomic E-state index is 12.7. The van der Waals surface area contributed by atoms with Crippen LogP contribution in [0.2, 0.25) is 0 Å². The van der Waals surface area contributed by atoms with Crippen LogP contribution >= 0.6 is 0 Å². The number of aromatic nitrogens is 2. The van der Waals surface area contributed by atoms with Gasteiger partial charge in [-0.2, -0.15) is 4.98 Å². The second kappa shape index (κ2) is 9.11. The molecule has 0 bridgehead atoms. The molecule has 2 fully saturated rings. The van der Waals surface area contributed by atoms with Gasteiger partial charge in [0.15, 0.2) is 0 Å². The highest BCUT2D eigenvalue weighted by molar-refractivity contribution is 5.79. The van der Waals surface area contributed by atoms with Crippen molar-refractivity contribution in [1.82, 2.24) is 15.3 Å². The van der Waals surface area contributed by atoms with Crippen molar-refractivity contribution in [3.8, 4) is 5.75 Å². The molecule has 2 heterocycles. The van der Waals surface area contributed by atoms with Crippen molar-refractivity contribution < 1.29 is 9.53 Å². The van der Waals surface area contributed by atoms with Gasteiger partial charge in [-0.1, -0.05) is 25.0 Å². The van der Waals surface area contributed by atoms with Crippen molar-refractivity contribution in [1.29, 1.82) is 0 Å². The van der Waals surface area contributed by atoms with Crippen LogP contribution in [0.25, 0.3) is 0 Å². The Morgan fingerprint density at radius 1 is 1.14 bits per heavy atom. The monoisotopic (exact) mass is 395 g/mol. The van der Waals surface area contributed by atoms with Gasteiger partial charge in [-0.05, 0) is 43.9 Å². The molecule has 4 rings (SSSR count). The minimum Gasteiger partial charge on any atom is -0.495 e. The van der Waals surface area contributed by atoms with E-state index in [1.807, 2.05) is 30.3 Å². The van der Waals surface area contributed by atoms with E-state index in [1.165, 1.54) is 12.8 Å². The van der Waals surface area contributed by atoms with Gasteiger partial charge < -0.3 is 20.3 Å². The Kier molecular flexibility index (Phi) is 6.12. The topological polar surface area (TPSA) is 79.4 Å². The number of rotatable bonds is 6. The van der Waals surface area contributed by atoms with Gasteiger partial charge in [-0.3, -0.25) is 4.79 Å². The Morgan fingerprint density at radius 2 is 1.97 bits per heavy atom. The first-order chi connectivity index (χ1) is 14.2. The molecule has 2 aromatic rings. The molecule has 1 unspecified atom stereocenters. The highest BCUT2D eigenvalue weighted by Gasteiger charge is 2.29. The van der Waals surface area contributed by atoms with Crippen LogP contribution in [0.3, 0.4) is 0 Å². The third-order valence-corrected chi connectivity index (χ3v) is 5.79. The Hall–Kier alpha value is -2.83. The fourth-order valence-electron chi connectivity index (χ4n) is 4.22. The molecule has 1 aliphatic carbocycles. The number of amides is 1. The summed E-state index contributed by atoms with van der Waals surface area (Å²) in [6.07, 6.45) is 8.32. The van der Waals surface area contributed by atoms with E-state index in [0.29, 0.717) is 24.4 Å². The van der Waals surface area contributed by atoms with Crippen molar-refractivity contribution in [2.45, 2.75) is 44.6 Å². The van der Waals surface area contributed by atoms with Gasteiger partial charge in [0.1, 0.15) is 11.6 Å². The molecule has 0 spiro atoms. The smallest absolute Gasteiger partial charge is 0.227 e. The van der Waals surface area contributed by atoms with Gasteiger partial charge in [0.25, 0.3) is 0 Å². The Labute approximate surface area is 171 Å². The first kappa shape index (κ1) is 19.5. The fourth-order valence-corrected chi connectivity index (χ4v) is 4.22. The number of benzene rings is 1. The molecule has 0 radical (unpaired) electrons. The molecule has 7 nitrogen and oxygen atoms in total. The second-order valence-corrected chi connectivity index (χ2v) is 7.84. The van der Waals surface area contributed by atoms with Crippen LogP contribution in [0.15, 0.2) is 36.5 Å². The highest BCUT2D eigenvalue weighted by Crippen LogP contribution is 2.27. The molecule has 2 N–H and O–H groups in total. The quantitative estimate of drug-likeness (QED) is 0.779. The first-order valence-electron chi connectivity index (χ1n) is 10.5. The number of carbonyl (C=O) groups is 1. The summed E-state index contributed by atoms with van der Waals surface area (Å²) in [6.45, 7) is 1.53. The maximum atomic E-state index is 12.7. The zero-order chi connectivity index (χ0) is 20.1. The van der Waals surface area contributed by atoms with Crippen molar-refractivity contribution in [2.24, 2.45) is 5.92 Å². The van der Waals surface area contributed by atoms with Crippen LogP contribution < -0.4 is 20.3 Å². The fraction of sp³-hybridized carbons (Fsp3) is 0.500. The third-order valence-electron chi connectivity index (χ3n) is 5.79. The van der Waals surface area contributed by atoms with E-state index in [1.54, 1.807) is 13.3 Å². The Morgan fingerprint density at radius 3 is 2.79 bits per heavy atom. The van der Waals surface area contributed by atoms with Crippen LogP contribution in [0.1, 0.15) is 38.5 Å². The van der Waals surface area contributed by atoms with Gasteiger partial charge >= 0.3 is 0 Å². The standard InChI is InChI=1S/C22H29N5O2/c1-29-19-11-5-4-10-18(19)25-20-12-13-23-22(26-20)27-14-6-7-16(15-27)21(28)24-17-8-2-3-9-17/h4-5,10-13,16-17H,2-3,6-9,14-15H2,1H3,(H,24,28)(H,23,25,26). The zero-order valence-electron chi connectivity index (χ0n) is 16.9. The van der Waals surface area contributed by atoms with Crippen molar-refractivity contribution >= 4 is 23.4 Å². The number of hydrogen-bond acceptors (Lipinski definition) is 6. The summed E-state index contributed by atoms with van der Waals surface area (Å²) in [5.41, 5.74) is 0.854. The summed E-state index contributed by atoms with van der Waals surface area (Å²) in [5, 5.41) is 6.55. The summed E-state index contributed by atoms with van der Waals surface area (Å²) < 4.78 is 5.40. The Bertz CT molecular complexity index is 837. The number of hydrogen-bond donors (Lipinski definition) is 2. The van der Waals surface area contributed by atoms with Gasteiger partial charge in [-0.25, -0.2) is 4.98 Å². The Balaban J connectivity index is 1.42. The van der Waals surface area contributed by atoms with Gasteiger partial charge in [0, 0.05) is 25.3 Å². The van der Waals surface area contributed by atoms with Crippen LogP contribution in [0.5, 0.6) is 5.75 Å². The summed E-state index contributed by atoms with van der Waals surface area (Å²) in [4.78, 5) is 24.0. The summed E-state index contributed by atoms with van der Waals surface area (Å²) in [7, 11) is 1.65. The lowest BCUT2D eigenvalue weighted by Gasteiger charge is -2.32. The number of para-hydroxylation sites is 2. The average Bonchev–Trinajstić information content (AvgIpc) is 3.27. The number of nitrogens with zero attached hydrogens (tertiary/aromatic N) is 3. The second-order valence-electron chi connectivity index (χ2n) is 7.84. The summed E-state index contributed by atoms with van der Waals surface area (Å²) in [6, 6.07) is 9.94. The van der Waals surface area contributed by atoms with Crippen LogP contribution in [0, 0.1) is 5.92 Å². The maximum Gasteiger partial charge on any atom is 0.227 e. The van der Waals surface area contributed by atoms with Gasteiger partial charge in [0.05, 0.1) is 18.7 Å². The van der Waals surface area contributed by atoms with Gasteiger partial charge in [-0.15, -0.1) is 0 Å². The molecule has 1 aromatic carbocycles. The predicted molar refractivity (Wildman–Crippen MR) is 114 cm³/mol. The number of carbonyl (C=O) groups excluding carboxylic acids is 1. The van der Waals surface area contributed by atoms with Crippen molar-refractivity contribution in [3.05, 3.63) is 36.5 Å². The molecule has 1 saturated carbocycles. The number of piperidine rings is 1. The first-order valence-corrected chi connectivity index (χ1v) is 10.5. The molecule has 1 aliphatic heterocycles. The average molecular weight is 396 g/mol. The zero-order valence-corrected chi connectivity index (χ0v) is 16.9. The summed E-state index contributed by atoms with van der Waals surface area (Å²) in [5.74, 6) is 2.30. The molecular weight excluding hydrogens is 366 g/mol. The normalized spacial score (nSPS) is 19.8. The largest absolute Gasteiger partial charge is 0.495 e. The molecule has 1 atom stereocenters. The lowest BCUT2D eigenvalue weighted by molar-refractivity contribution is -0.125. The minimum atomic E-state index is -0.00113. The van der Waals surface area contributed by atoms with Crippen LogP contribution in [-0.2, 0) is 4.79 Å². The lowest BCUT2D eigenvalue weighted by Crippen LogP contribution is -2.45. The van der Waals surface area contributed by atoms with E-state index >= 15 is 0 Å². The molecule has 1 aromatic heterocycles. The van der Waals surface area contributed by atoms with Crippen LogP contribution in [0.4, 0.5) is 17.5 Å². The molecular formula is C22H29N5O2. The molecule has 154 valence electrons.